The molecule has 0 saturated heterocycles. The minimum atomic E-state index is -2.93. The first-order valence-electron chi connectivity index (χ1n) is 7.71. The van der Waals surface area contributed by atoms with Crippen molar-refractivity contribution in [2.24, 2.45) is 5.92 Å². The third-order valence-corrected chi connectivity index (χ3v) is 4.07. The van der Waals surface area contributed by atoms with Crippen molar-refractivity contribution in [3.8, 4) is 5.75 Å². The molecule has 0 heterocycles. The number of ether oxygens (including phenoxy) is 1. The Balaban J connectivity index is 1.87. The number of carboxylic acid groups (broad SMARTS) is 1. The summed E-state index contributed by atoms with van der Waals surface area (Å²) in [5.74, 6) is -1.15. The van der Waals surface area contributed by atoms with Gasteiger partial charge in [-0.25, -0.2) is 4.79 Å². The van der Waals surface area contributed by atoms with Crippen molar-refractivity contribution in [2.45, 2.75) is 45.3 Å². The monoisotopic (exact) mass is 342 g/mol. The van der Waals surface area contributed by atoms with Crippen LogP contribution in [0.15, 0.2) is 18.2 Å². The highest BCUT2D eigenvalue weighted by Gasteiger charge is 2.26. The number of benzene rings is 1. The fourth-order valence-electron chi connectivity index (χ4n) is 2.74. The number of hydrogen-bond donors (Lipinski definition) is 3. The molecule has 1 saturated carbocycles. The number of urea groups is 1. The minimum absolute atomic E-state index is 0.00441. The summed E-state index contributed by atoms with van der Waals surface area (Å²) in [6.07, 6.45) is 2.24. The first-order valence-corrected chi connectivity index (χ1v) is 7.71. The number of hydrogen-bond acceptors (Lipinski definition) is 3. The lowest BCUT2D eigenvalue weighted by molar-refractivity contribution is -0.142. The number of carbonyl (C=O) groups is 2. The van der Waals surface area contributed by atoms with Gasteiger partial charge in [-0.05, 0) is 44.2 Å². The van der Waals surface area contributed by atoms with Crippen LogP contribution in [0.2, 0.25) is 0 Å². The lowest BCUT2D eigenvalue weighted by Crippen LogP contribution is -2.40. The van der Waals surface area contributed by atoms with Gasteiger partial charge in [0.15, 0.2) is 0 Å². The molecule has 2 rings (SSSR count). The van der Waals surface area contributed by atoms with Gasteiger partial charge in [0.25, 0.3) is 0 Å². The number of carbonyl (C=O) groups excluding carboxylic acids is 1. The van der Waals surface area contributed by atoms with Gasteiger partial charge in [0, 0.05) is 17.8 Å². The zero-order valence-electron chi connectivity index (χ0n) is 13.2. The number of anilines is 1. The summed E-state index contributed by atoms with van der Waals surface area (Å²) in [5.41, 5.74) is 0.876. The maximum Gasteiger partial charge on any atom is 0.387 e. The molecule has 0 aromatic heterocycles. The van der Waals surface area contributed by atoms with Crippen molar-refractivity contribution in [2.75, 3.05) is 5.32 Å². The molecule has 0 atom stereocenters. The Morgan fingerprint density at radius 1 is 1.25 bits per heavy atom. The van der Waals surface area contributed by atoms with Gasteiger partial charge in [-0.2, -0.15) is 8.78 Å². The van der Waals surface area contributed by atoms with Crippen LogP contribution in [0, 0.1) is 12.8 Å². The van der Waals surface area contributed by atoms with E-state index in [4.69, 9.17) is 5.11 Å². The van der Waals surface area contributed by atoms with E-state index in [1.54, 1.807) is 19.1 Å². The summed E-state index contributed by atoms with van der Waals surface area (Å²) < 4.78 is 29.0. The van der Waals surface area contributed by atoms with Crippen LogP contribution in [0.25, 0.3) is 0 Å². The smallest absolute Gasteiger partial charge is 0.387 e. The molecule has 6 nitrogen and oxygen atoms in total. The third-order valence-electron chi connectivity index (χ3n) is 4.07. The molecule has 0 spiro atoms. The van der Waals surface area contributed by atoms with Crippen LogP contribution in [-0.2, 0) is 4.79 Å². The van der Waals surface area contributed by atoms with Gasteiger partial charge < -0.3 is 20.5 Å². The molecule has 132 valence electrons. The van der Waals surface area contributed by atoms with Gasteiger partial charge in [0.2, 0.25) is 0 Å². The van der Waals surface area contributed by atoms with Crippen LogP contribution >= 0.6 is 0 Å². The van der Waals surface area contributed by atoms with E-state index in [-0.39, 0.29) is 17.7 Å². The summed E-state index contributed by atoms with van der Waals surface area (Å²) in [4.78, 5) is 22.9. The third kappa shape index (κ3) is 5.07. The van der Waals surface area contributed by atoms with E-state index in [1.165, 1.54) is 6.07 Å². The van der Waals surface area contributed by atoms with Crippen LogP contribution in [0.3, 0.4) is 0 Å². The molecule has 2 amide bonds. The fourth-order valence-corrected chi connectivity index (χ4v) is 2.74. The van der Waals surface area contributed by atoms with Crippen LogP contribution in [-0.4, -0.2) is 29.8 Å². The second-order valence-corrected chi connectivity index (χ2v) is 5.84. The largest absolute Gasteiger partial charge is 0.481 e. The van der Waals surface area contributed by atoms with Crippen LogP contribution in [0.1, 0.15) is 31.2 Å². The maximum absolute atomic E-state index is 12.3. The molecule has 8 heteroatoms. The van der Waals surface area contributed by atoms with E-state index < -0.39 is 18.6 Å². The van der Waals surface area contributed by atoms with E-state index in [2.05, 4.69) is 15.4 Å². The number of nitrogens with one attached hydrogen (secondary N) is 2. The number of amides is 2. The second kappa shape index (κ2) is 7.94. The lowest BCUT2D eigenvalue weighted by atomic mass is 9.86. The number of carboxylic acids is 1. The number of rotatable bonds is 5. The molecule has 1 aromatic rings. The second-order valence-electron chi connectivity index (χ2n) is 5.84. The Labute approximate surface area is 138 Å². The maximum atomic E-state index is 12.3. The Kier molecular flexibility index (Phi) is 5.94. The zero-order chi connectivity index (χ0) is 17.7. The number of aliphatic carboxylic acids is 1. The average Bonchev–Trinajstić information content (AvgIpc) is 2.50. The summed E-state index contributed by atoms with van der Waals surface area (Å²) in [6, 6.07) is 3.95. The summed E-state index contributed by atoms with van der Waals surface area (Å²) in [6.45, 7) is -1.31. The number of aryl methyl sites for hydroxylation is 1. The van der Waals surface area contributed by atoms with E-state index in [9.17, 15) is 18.4 Å². The van der Waals surface area contributed by atoms with E-state index in [1.807, 2.05) is 0 Å². The first-order chi connectivity index (χ1) is 11.3. The molecule has 0 radical (unpaired) electrons. The van der Waals surface area contributed by atoms with Crippen LogP contribution < -0.4 is 15.4 Å². The summed E-state index contributed by atoms with van der Waals surface area (Å²) >= 11 is 0. The molecular weight excluding hydrogens is 322 g/mol. The average molecular weight is 342 g/mol. The van der Waals surface area contributed by atoms with E-state index >= 15 is 0 Å². The van der Waals surface area contributed by atoms with Crippen molar-refractivity contribution in [1.82, 2.24) is 5.32 Å². The molecule has 0 unspecified atom stereocenters. The normalized spacial score (nSPS) is 20.5. The quantitative estimate of drug-likeness (QED) is 0.766. The topological polar surface area (TPSA) is 87.7 Å². The van der Waals surface area contributed by atoms with Crippen molar-refractivity contribution in [3.05, 3.63) is 23.8 Å². The minimum Gasteiger partial charge on any atom is -0.481 e. The predicted octanol–water partition coefficient (Wildman–Crippen LogP) is 3.36. The number of halogens is 2. The van der Waals surface area contributed by atoms with E-state index in [0.29, 0.717) is 36.9 Å². The Bertz CT molecular complexity index is 602. The van der Waals surface area contributed by atoms with Crippen molar-refractivity contribution < 1.29 is 28.2 Å². The SMILES string of the molecule is Cc1ccc(NC(=O)NC2CCC(C(=O)O)CC2)cc1OC(F)F. The molecule has 1 aliphatic rings. The van der Waals surface area contributed by atoms with Gasteiger partial charge in [0.05, 0.1) is 5.92 Å². The lowest BCUT2D eigenvalue weighted by Gasteiger charge is -2.26. The molecule has 0 aliphatic heterocycles. The highest BCUT2D eigenvalue weighted by molar-refractivity contribution is 5.89. The van der Waals surface area contributed by atoms with Gasteiger partial charge in [-0.3, -0.25) is 4.79 Å². The summed E-state index contributed by atoms with van der Waals surface area (Å²) in [7, 11) is 0. The standard InChI is InChI=1S/C16H20F2N2O4/c1-9-2-5-12(8-13(9)24-15(17)18)20-16(23)19-11-6-3-10(4-7-11)14(21)22/h2,5,8,10-11,15H,3-4,6-7H2,1H3,(H,21,22)(H2,19,20,23). The summed E-state index contributed by atoms with van der Waals surface area (Å²) in [5, 5.41) is 14.3. The first kappa shape index (κ1) is 18.0. The van der Waals surface area contributed by atoms with Gasteiger partial charge in [-0.15, -0.1) is 0 Å². The Morgan fingerprint density at radius 3 is 2.50 bits per heavy atom. The molecule has 3 N–H and O–H groups in total. The highest BCUT2D eigenvalue weighted by atomic mass is 19.3. The van der Waals surface area contributed by atoms with Crippen molar-refractivity contribution in [1.29, 1.82) is 0 Å². The fraction of sp³-hybridized carbons (Fsp3) is 0.500. The Morgan fingerprint density at radius 2 is 1.92 bits per heavy atom. The van der Waals surface area contributed by atoms with Crippen molar-refractivity contribution in [3.63, 3.8) is 0 Å². The molecule has 1 aromatic carbocycles. The van der Waals surface area contributed by atoms with E-state index in [0.717, 1.165) is 0 Å². The molecule has 0 bridgehead atoms. The molecular formula is C16H20F2N2O4. The van der Waals surface area contributed by atoms with Gasteiger partial charge in [-0.1, -0.05) is 6.07 Å². The number of alkyl halides is 2. The molecule has 1 aliphatic carbocycles. The Hall–Kier alpha value is -2.38. The van der Waals surface area contributed by atoms with Gasteiger partial charge in [0.1, 0.15) is 5.75 Å². The molecule has 1 fully saturated rings. The zero-order valence-corrected chi connectivity index (χ0v) is 13.2. The van der Waals surface area contributed by atoms with Crippen LogP contribution in [0.4, 0.5) is 19.3 Å². The predicted molar refractivity (Wildman–Crippen MR) is 83.3 cm³/mol. The van der Waals surface area contributed by atoms with Gasteiger partial charge >= 0.3 is 18.6 Å². The molecule has 24 heavy (non-hydrogen) atoms. The van der Waals surface area contributed by atoms with Crippen LogP contribution in [0.5, 0.6) is 5.75 Å². The highest BCUT2D eigenvalue weighted by Crippen LogP contribution is 2.26. The van der Waals surface area contributed by atoms with Crippen molar-refractivity contribution >= 4 is 17.7 Å².